The number of aryl methyl sites for hydroxylation is 1. The van der Waals surface area contributed by atoms with Gasteiger partial charge in [-0.05, 0) is 54.1 Å². The van der Waals surface area contributed by atoms with Crippen LogP contribution in [0.5, 0.6) is 5.75 Å². The van der Waals surface area contributed by atoms with Crippen LogP contribution in [0, 0.1) is 6.92 Å². The Morgan fingerprint density at radius 3 is 2.29 bits per heavy atom. The van der Waals surface area contributed by atoms with E-state index in [1.54, 1.807) is 54.6 Å². The molecule has 42 heavy (non-hydrogen) atoms. The predicted molar refractivity (Wildman–Crippen MR) is 153 cm³/mol. The zero-order chi connectivity index (χ0) is 29.6. The van der Waals surface area contributed by atoms with Gasteiger partial charge in [-0.3, -0.25) is 4.55 Å². The van der Waals surface area contributed by atoms with Gasteiger partial charge in [0, 0.05) is 15.7 Å². The second-order valence-electron chi connectivity index (χ2n) is 9.13. The van der Waals surface area contributed by atoms with Gasteiger partial charge in [0.1, 0.15) is 26.5 Å². The molecule has 1 aromatic heterocycles. The second-order valence-corrected chi connectivity index (χ2v) is 12.8. The van der Waals surface area contributed by atoms with Gasteiger partial charge in [0.15, 0.2) is 5.75 Å². The minimum absolute atomic E-state index is 0.0605. The summed E-state index contributed by atoms with van der Waals surface area (Å²) >= 11 is 0.665. The molecule has 0 aliphatic rings. The van der Waals surface area contributed by atoms with E-state index in [9.17, 15) is 21.4 Å². The molecule has 0 amide bonds. The van der Waals surface area contributed by atoms with Crippen molar-refractivity contribution in [1.82, 2.24) is 15.0 Å². The summed E-state index contributed by atoms with van der Waals surface area (Å²) in [5.41, 5.74) is 0.960. The summed E-state index contributed by atoms with van der Waals surface area (Å²) in [5.74, 6) is -0.105. The molecule has 6 aromatic rings. The quantitative estimate of drug-likeness (QED) is 0.0720. The predicted octanol–water partition coefficient (Wildman–Crippen LogP) is 5.48. The molecule has 0 aliphatic heterocycles. The van der Waals surface area contributed by atoms with E-state index in [-0.39, 0.29) is 27.4 Å². The molecule has 214 valence electrons. The van der Waals surface area contributed by atoms with Crippen LogP contribution in [0.2, 0.25) is 0 Å². The standard InChI is InChI=1S/C27H19N3O9S3/c1-16-6-10-20(11-7-16)42(35,36)37-23-13-8-17-4-2-3-5-22(17)27(23)30-28-25-21-12-9-19(40-39-38-31)14-18(21)15-24(26(25)29-30)41(32,33)34/h2-15,31H,1H3,(H,32,33,34). The Morgan fingerprint density at radius 2 is 1.55 bits per heavy atom. The highest BCUT2D eigenvalue weighted by atomic mass is 32.2. The van der Waals surface area contributed by atoms with E-state index in [0.29, 0.717) is 38.5 Å². The average Bonchev–Trinajstić information content (AvgIpc) is 3.39. The third-order valence-electron chi connectivity index (χ3n) is 6.42. The van der Waals surface area contributed by atoms with Gasteiger partial charge in [0.25, 0.3) is 10.1 Å². The van der Waals surface area contributed by atoms with Gasteiger partial charge in [-0.15, -0.1) is 19.3 Å². The largest absolute Gasteiger partial charge is 0.377 e. The third-order valence-corrected chi connectivity index (χ3v) is 9.11. The fourth-order valence-electron chi connectivity index (χ4n) is 4.52. The highest BCUT2D eigenvalue weighted by Gasteiger charge is 2.25. The SMILES string of the molecule is Cc1ccc(S(=O)(=O)Oc2ccc3ccccc3c2-n2nc3c(S(=O)(=O)O)cc4cc(SOOO)ccc4c3n2)cc1. The molecule has 0 atom stereocenters. The Bertz CT molecular complexity index is 2220. The zero-order valence-corrected chi connectivity index (χ0v) is 23.9. The zero-order valence-electron chi connectivity index (χ0n) is 21.4. The summed E-state index contributed by atoms with van der Waals surface area (Å²) in [4.78, 5) is 0.949. The van der Waals surface area contributed by atoms with Crippen molar-refractivity contribution in [2.24, 2.45) is 0 Å². The van der Waals surface area contributed by atoms with Crippen LogP contribution in [-0.4, -0.2) is 41.6 Å². The number of nitrogens with zero attached hydrogens (tertiary/aromatic N) is 3. The lowest BCUT2D eigenvalue weighted by atomic mass is 10.1. The molecule has 6 rings (SSSR count). The average molecular weight is 626 g/mol. The van der Waals surface area contributed by atoms with Crippen LogP contribution in [0.4, 0.5) is 0 Å². The maximum Gasteiger partial charge on any atom is 0.339 e. The molecule has 0 bridgehead atoms. The molecule has 0 aliphatic carbocycles. The molecule has 1 heterocycles. The van der Waals surface area contributed by atoms with Crippen molar-refractivity contribution < 1.29 is 40.2 Å². The Morgan fingerprint density at radius 1 is 0.810 bits per heavy atom. The Labute approximate surface area is 243 Å². The van der Waals surface area contributed by atoms with Crippen LogP contribution < -0.4 is 4.18 Å². The first-order valence-electron chi connectivity index (χ1n) is 12.0. The summed E-state index contributed by atoms with van der Waals surface area (Å²) in [6, 6.07) is 22.3. The van der Waals surface area contributed by atoms with E-state index in [1.165, 1.54) is 30.3 Å². The number of fused-ring (bicyclic) bond motifs is 4. The first-order valence-corrected chi connectivity index (χ1v) is 15.6. The lowest BCUT2D eigenvalue weighted by Crippen LogP contribution is -2.12. The van der Waals surface area contributed by atoms with Crippen molar-refractivity contribution >= 4 is 64.9 Å². The summed E-state index contributed by atoms with van der Waals surface area (Å²) in [6.45, 7) is 1.83. The molecular weight excluding hydrogens is 607 g/mol. The fourth-order valence-corrected chi connectivity index (χ4v) is 6.52. The molecule has 0 saturated carbocycles. The van der Waals surface area contributed by atoms with Crippen molar-refractivity contribution in [3.8, 4) is 11.4 Å². The Hall–Kier alpha value is -4.09. The van der Waals surface area contributed by atoms with Crippen molar-refractivity contribution in [2.75, 3.05) is 0 Å². The van der Waals surface area contributed by atoms with E-state index in [4.69, 9.17) is 9.44 Å². The van der Waals surface area contributed by atoms with Crippen molar-refractivity contribution in [2.45, 2.75) is 21.6 Å². The maximum absolute atomic E-state index is 13.3. The van der Waals surface area contributed by atoms with Gasteiger partial charge >= 0.3 is 10.1 Å². The van der Waals surface area contributed by atoms with Crippen molar-refractivity contribution in [3.63, 3.8) is 0 Å². The number of aromatic nitrogens is 3. The van der Waals surface area contributed by atoms with Crippen LogP contribution >= 0.6 is 12.0 Å². The number of rotatable bonds is 8. The number of hydrogen-bond donors (Lipinski definition) is 2. The first-order chi connectivity index (χ1) is 20.0. The summed E-state index contributed by atoms with van der Waals surface area (Å²) in [5, 5.41) is 23.1. The van der Waals surface area contributed by atoms with Crippen molar-refractivity contribution in [1.29, 1.82) is 0 Å². The lowest BCUT2D eigenvalue weighted by Gasteiger charge is -2.13. The number of benzene rings is 5. The minimum atomic E-state index is -4.79. The summed E-state index contributed by atoms with van der Waals surface area (Å²) in [7, 11) is -9.07. The topological polar surface area (TPSA) is 167 Å². The third kappa shape index (κ3) is 5.18. The minimum Gasteiger partial charge on any atom is -0.377 e. The maximum atomic E-state index is 13.3. The highest BCUT2D eigenvalue weighted by molar-refractivity contribution is 7.94. The van der Waals surface area contributed by atoms with E-state index >= 15 is 0 Å². The first kappa shape index (κ1) is 28.0. The Balaban J connectivity index is 1.60. The van der Waals surface area contributed by atoms with Gasteiger partial charge in [-0.1, -0.05) is 59.1 Å². The molecule has 5 aromatic carbocycles. The molecule has 0 saturated heterocycles. The van der Waals surface area contributed by atoms with Gasteiger partial charge < -0.3 is 4.18 Å². The van der Waals surface area contributed by atoms with Gasteiger partial charge in [0.2, 0.25) is 0 Å². The van der Waals surface area contributed by atoms with E-state index < -0.39 is 25.1 Å². The van der Waals surface area contributed by atoms with Gasteiger partial charge in [-0.25, -0.2) is 5.26 Å². The van der Waals surface area contributed by atoms with Crippen LogP contribution in [-0.2, 0) is 29.6 Å². The normalized spacial score (nSPS) is 12.4. The molecule has 15 heteroatoms. The Kier molecular flexibility index (Phi) is 7.10. The van der Waals surface area contributed by atoms with Crippen LogP contribution in [0.15, 0.2) is 99.6 Å². The van der Waals surface area contributed by atoms with E-state index in [0.717, 1.165) is 10.4 Å². The van der Waals surface area contributed by atoms with Crippen molar-refractivity contribution in [3.05, 3.63) is 90.5 Å². The molecule has 0 spiro atoms. The molecular formula is C27H19N3O9S3. The molecule has 2 N–H and O–H groups in total. The lowest BCUT2D eigenvalue weighted by molar-refractivity contribution is -0.432. The molecule has 0 fully saturated rings. The monoisotopic (exact) mass is 625 g/mol. The van der Waals surface area contributed by atoms with E-state index in [2.05, 4.69) is 19.6 Å². The van der Waals surface area contributed by atoms with Crippen LogP contribution in [0.25, 0.3) is 38.3 Å². The van der Waals surface area contributed by atoms with Crippen LogP contribution in [0.3, 0.4) is 0 Å². The van der Waals surface area contributed by atoms with Gasteiger partial charge in [-0.2, -0.15) is 16.8 Å². The molecule has 12 nitrogen and oxygen atoms in total. The second kappa shape index (κ2) is 10.6. The molecule has 0 unspecified atom stereocenters. The smallest absolute Gasteiger partial charge is 0.339 e. The fraction of sp³-hybridized carbons (Fsp3) is 0.0370. The summed E-state index contributed by atoms with van der Waals surface area (Å²) in [6.07, 6.45) is 0. The van der Waals surface area contributed by atoms with E-state index in [1.807, 2.05) is 6.92 Å². The molecule has 0 radical (unpaired) electrons. The van der Waals surface area contributed by atoms with Crippen LogP contribution in [0.1, 0.15) is 5.56 Å². The van der Waals surface area contributed by atoms with Gasteiger partial charge in [0.05, 0.1) is 12.0 Å². The highest BCUT2D eigenvalue weighted by Crippen LogP contribution is 2.36. The number of hydrogen-bond acceptors (Lipinski definition) is 11. The summed E-state index contributed by atoms with van der Waals surface area (Å²) < 4.78 is 71.5.